The van der Waals surface area contributed by atoms with E-state index in [4.69, 9.17) is 4.74 Å². The third-order valence-electron chi connectivity index (χ3n) is 4.97. The molecule has 0 spiro atoms. The molecule has 3 rings (SSSR count). The molecule has 9 nitrogen and oxygen atoms in total. The van der Waals surface area contributed by atoms with Gasteiger partial charge in [-0.3, -0.25) is 14.5 Å². The monoisotopic (exact) mass is 402 g/mol. The van der Waals surface area contributed by atoms with Gasteiger partial charge in [-0.1, -0.05) is 11.3 Å². The number of aliphatic hydroxyl groups excluding tert-OH is 1. The van der Waals surface area contributed by atoms with Crippen molar-refractivity contribution in [3.05, 3.63) is 42.0 Å². The Kier molecular flexibility index (Phi) is 7.68. The zero-order chi connectivity index (χ0) is 20.6. The van der Waals surface area contributed by atoms with Crippen molar-refractivity contribution in [3.8, 4) is 0 Å². The number of aryl methyl sites for hydroxylation is 1. The average molecular weight is 402 g/mol. The molecule has 1 saturated heterocycles. The van der Waals surface area contributed by atoms with E-state index in [1.807, 2.05) is 42.0 Å². The Hall–Kier alpha value is -2.36. The Labute approximate surface area is 171 Å². The zero-order valence-electron chi connectivity index (χ0n) is 17.1. The van der Waals surface area contributed by atoms with E-state index in [1.54, 1.807) is 12.4 Å². The Balaban J connectivity index is 1.45. The van der Waals surface area contributed by atoms with Crippen molar-refractivity contribution in [2.45, 2.75) is 57.0 Å². The van der Waals surface area contributed by atoms with Crippen LogP contribution in [0.15, 0.2) is 30.7 Å². The second kappa shape index (κ2) is 10.4. The topological polar surface area (TPSA) is 105 Å². The molecule has 29 heavy (non-hydrogen) atoms. The minimum Gasteiger partial charge on any atom is -0.394 e. The van der Waals surface area contributed by atoms with Gasteiger partial charge in [0.25, 0.3) is 0 Å². The Morgan fingerprint density at radius 2 is 2.28 bits per heavy atom. The van der Waals surface area contributed by atoms with E-state index in [-0.39, 0.29) is 31.1 Å². The van der Waals surface area contributed by atoms with E-state index in [9.17, 15) is 9.90 Å². The molecule has 0 aromatic carbocycles. The van der Waals surface area contributed by atoms with Crippen LogP contribution in [-0.4, -0.2) is 74.8 Å². The minimum absolute atomic E-state index is 0.0279. The lowest BCUT2D eigenvalue weighted by atomic mass is 9.97. The summed E-state index contributed by atoms with van der Waals surface area (Å²) < 4.78 is 7.88. The number of amides is 1. The van der Waals surface area contributed by atoms with E-state index < -0.39 is 6.10 Å². The van der Waals surface area contributed by atoms with Crippen LogP contribution < -0.4 is 5.32 Å². The molecule has 158 valence electrons. The minimum atomic E-state index is -0.397. The number of carbonyl (C=O) groups is 1. The molecule has 2 N–H and O–H groups in total. The summed E-state index contributed by atoms with van der Waals surface area (Å²) in [5, 5.41) is 21.1. The van der Waals surface area contributed by atoms with E-state index in [0.717, 1.165) is 37.1 Å². The van der Waals surface area contributed by atoms with E-state index in [1.165, 1.54) is 0 Å². The molecular formula is C20H30N6O3. The van der Waals surface area contributed by atoms with Crippen molar-refractivity contribution in [1.82, 2.24) is 30.2 Å². The van der Waals surface area contributed by atoms with Crippen LogP contribution in [-0.2, 0) is 29.0 Å². The first-order valence-corrected chi connectivity index (χ1v) is 10.0. The Morgan fingerprint density at radius 1 is 1.41 bits per heavy atom. The smallest absolute Gasteiger partial charge is 0.224 e. The quantitative estimate of drug-likeness (QED) is 0.625. The van der Waals surface area contributed by atoms with Gasteiger partial charge in [-0.15, -0.1) is 5.10 Å². The van der Waals surface area contributed by atoms with Gasteiger partial charge in [0, 0.05) is 31.7 Å². The van der Waals surface area contributed by atoms with Crippen molar-refractivity contribution in [2.75, 3.05) is 20.7 Å². The van der Waals surface area contributed by atoms with Gasteiger partial charge in [-0.05, 0) is 45.0 Å². The zero-order valence-corrected chi connectivity index (χ0v) is 17.1. The number of carbonyl (C=O) groups excluding carboxylic acids is 1. The summed E-state index contributed by atoms with van der Waals surface area (Å²) >= 11 is 0. The second-order valence-corrected chi connectivity index (χ2v) is 7.77. The molecule has 1 aliphatic heterocycles. The number of pyridine rings is 1. The third kappa shape index (κ3) is 6.59. The number of hydrogen-bond donors (Lipinski definition) is 2. The van der Waals surface area contributed by atoms with Crippen LogP contribution >= 0.6 is 0 Å². The number of aromatic nitrogens is 4. The third-order valence-corrected chi connectivity index (χ3v) is 4.97. The van der Waals surface area contributed by atoms with Gasteiger partial charge < -0.3 is 20.1 Å². The van der Waals surface area contributed by atoms with Crippen LogP contribution in [0.5, 0.6) is 0 Å². The number of rotatable bonds is 9. The Morgan fingerprint density at radius 3 is 3.00 bits per heavy atom. The van der Waals surface area contributed by atoms with Crippen LogP contribution in [0.4, 0.5) is 0 Å². The molecule has 3 heterocycles. The fourth-order valence-corrected chi connectivity index (χ4v) is 3.58. The lowest BCUT2D eigenvalue weighted by Gasteiger charge is -2.36. The predicted octanol–water partition coefficient (Wildman–Crippen LogP) is 0.392. The number of aliphatic hydroxyl groups is 1. The van der Waals surface area contributed by atoms with Crippen molar-refractivity contribution >= 4 is 5.91 Å². The standard InChI is InChI=1S/C20H30N6O3/c1-25(2)12-16-13-26(24-23-16)9-7-17-5-6-18(19(14-27)29-17)22-20(28)10-15-4-3-8-21-11-15/h3-4,8,11,13,17-19,27H,5-7,9-10,12,14H2,1-2H3,(H,22,28)/t17-,18+,19+/m0/s1. The van der Waals surface area contributed by atoms with Gasteiger partial charge in [0.1, 0.15) is 6.10 Å². The fraction of sp³-hybridized carbons (Fsp3) is 0.600. The molecule has 1 amide bonds. The molecule has 0 bridgehead atoms. The number of nitrogens with zero attached hydrogens (tertiary/aromatic N) is 5. The largest absolute Gasteiger partial charge is 0.394 e. The van der Waals surface area contributed by atoms with Gasteiger partial charge in [-0.25, -0.2) is 0 Å². The highest BCUT2D eigenvalue weighted by atomic mass is 16.5. The Bertz CT molecular complexity index is 767. The van der Waals surface area contributed by atoms with E-state index >= 15 is 0 Å². The molecule has 0 radical (unpaired) electrons. The molecule has 0 saturated carbocycles. The normalized spacial score (nSPS) is 22.0. The maximum atomic E-state index is 12.3. The summed E-state index contributed by atoms with van der Waals surface area (Å²) in [6, 6.07) is 3.50. The van der Waals surface area contributed by atoms with E-state index in [2.05, 4.69) is 20.6 Å². The summed E-state index contributed by atoms with van der Waals surface area (Å²) in [7, 11) is 3.99. The molecule has 9 heteroatoms. The second-order valence-electron chi connectivity index (χ2n) is 7.77. The molecule has 3 atom stereocenters. The maximum absolute atomic E-state index is 12.3. The van der Waals surface area contributed by atoms with Crippen LogP contribution in [0.25, 0.3) is 0 Å². The van der Waals surface area contributed by atoms with Crippen molar-refractivity contribution in [3.63, 3.8) is 0 Å². The fourth-order valence-electron chi connectivity index (χ4n) is 3.58. The molecule has 0 unspecified atom stereocenters. The molecule has 2 aromatic rings. The van der Waals surface area contributed by atoms with Gasteiger partial charge >= 0.3 is 0 Å². The predicted molar refractivity (Wildman–Crippen MR) is 107 cm³/mol. The lowest BCUT2D eigenvalue weighted by Crippen LogP contribution is -2.51. The molecular weight excluding hydrogens is 372 g/mol. The number of hydrogen-bond acceptors (Lipinski definition) is 7. The first-order chi connectivity index (χ1) is 14.0. The average Bonchev–Trinajstić information content (AvgIpc) is 3.14. The lowest BCUT2D eigenvalue weighted by molar-refractivity contribution is -0.128. The van der Waals surface area contributed by atoms with Crippen LogP contribution in [0, 0.1) is 0 Å². The van der Waals surface area contributed by atoms with Crippen molar-refractivity contribution < 1.29 is 14.6 Å². The molecule has 2 aromatic heterocycles. The highest BCUT2D eigenvalue weighted by molar-refractivity contribution is 5.78. The molecule has 1 aliphatic rings. The summed E-state index contributed by atoms with van der Waals surface area (Å²) in [6.45, 7) is 1.35. The summed E-state index contributed by atoms with van der Waals surface area (Å²) in [5.41, 5.74) is 1.80. The van der Waals surface area contributed by atoms with E-state index in [0.29, 0.717) is 6.54 Å². The molecule has 0 aliphatic carbocycles. The van der Waals surface area contributed by atoms with Crippen LogP contribution in [0.2, 0.25) is 0 Å². The van der Waals surface area contributed by atoms with Gasteiger partial charge in [0.15, 0.2) is 0 Å². The van der Waals surface area contributed by atoms with Crippen LogP contribution in [0.3, 0.4) is 0 Å². The summed E-state index contributed by atoms with van der Waals surface area (Å²) in [6.07, 6.45) is 7.61. The first-order valence-electron chi connectivity index (χ1n) is 10.0. The summed E-state index contributed by atoms with van der Waals surface area (Å²) in [5.74, 6) is -0.0838. The van der Waals surface area contributed by atoms with Crippen molar-refractivity contribution in [1.29, 1.82) is 0 Å². The van der Waals surface area contributed by atoms with Crippen molar-refractivity contribution in [2.24, 2.45) is 0 Å². The van der Waals surface area contributed by atoms with Gasteiger partial charge in [-0.2, -0.15) is 0 Å². The van der Waals surface area contributed by atoms with Gasteiger partial charge in [0.2, 0.25) is 5.91 Å². The van der Waals surface area contributed by atoms with Gasteiger partial charge in [0.05, 0.1) is 30.9 Å². The first kappa shape index (κ1) is 21.4. The molecule has 1 fully saturated rings. The highest BCUT2D eigenvalue weighted by Gasteiger charge is 2.31. The number of ether oxygens (including phenoxy) is 1. The SMILES string of the molecule is CN(C)Cc1cn(CC[C@@H]2CC[C@@H](NC(=O)Cc3cccnc3)[C@@H](CO)O2)nn1. The number of nitrogens with one attached hydrogen (secondary N) is 1. The van der Waals surface area contributed by atoms with Crippen LogP contribution in [0.1, 0.15) is 30.5 Å². The maximum Gasteiger partial charge on any atom is 0.224 e. The summed E-state index contributed by atoms with van der Waals surface area (Å²) in [4.78, 5) is 18.4. The highest BCUT2D eigenvalue weighted by Crippen LogP contribution is 2.22.